The Bertz CT molecular complexity index is 905. The number of benzene rings is 2. The monoisotopic (exact) mass is 307 g/mol. The number of thiazole rings is 1. The van der Waals surface area contributed by atoms with Gasteiger partial charge in [-0.25, -0.2) is 4.98 Å². The second-order valence-electron chi connectivity index (χ2n) is 4.47. The van der Waals surface area contributed by atoms with Crippen LogP contribution in [0.3, 0.4) is 0 Å². The molecule has 5 nitrogen and oxygen atoms in total. The van der Waals surface area contributed by atoms with Crippen molar-refractivity contribution in [2.45, 2.75) is 0 Å². The molecule has 0 amide bonds. The highest BCUT2D eigenvalue weighted by Crippen LogP contribution is 2.29. The fourth-order valence-corrected chi connectivity index (χ4v) is 2.99. The minimum atomic E-state index is -0.459. The van der Waals surface area contributed by atoms with Crippen molar-refractivity contribution in [2.75, 3.05) is 0 Å². The van der Waals surface area contributed by atoms with Gasteiger partial charge >= 0.3 is 0 Å². The smallest absolute Gasteiger partial charge is 0.258 e. The Morgan fingerprint density at radius 3 is 2.68 bits per heavy atom. The van der Waals surface area contributed by atoms with Crippen LogP contribution in [-0.2, 0) is 0 Å². The summed E-state index contributed by atoms with van der Waals surface area (Å²) in [5.74, 6) is 0. The maximum atomic E-state index is 11.0. The number of para-hydroxylation sites is 2. The van der Waals surface area contributed by atoms with Crippen molar-refractivity contribution < 1.29 is 4.92 Å². The molecule has 3 rings (SSSR count). The van der Waals surface area contributed by atoms with Crippen molar-refractivity contribution in [2.24, 2.45) is 0 Å². The van der Waals surface area contributed by atoms with Crippen LogP contribution in [0.5, 0.6) is 0 Å². The van der Waals surface area contributed by atoms with Crippen molar-refractivity contribution in [1.82, 2.24) is 4.98 Å². The summed E-state index contributed by atoms with van der Waals surface area (Å²) in [6.07, 6.45) is 1.51. The lowest BCUT2D eigenvalue weighted by molar-refractivity contribution is -0.385. The SMILES string of the molecule is N#C/C(=C/c1ccccc1[N+](=O)[O-])c1nc2ccccc2s1. The van der Waals surface area contributed by atoms with Gasteiger partial charge in [-0.3, -0.25) is 10.1 Å². The predicted molar refractivity (Wildman–Crippen MR) is 86.2 cm³/mol. The van der Waals surface area contributed by atoms with Crippen LogP contribution in [0.25, 0.3) is 21.9 Å². The number of allylic oxidation sites excluding steroid dienone is 1. The molecule has 0 aliphatic heterocycles. The van der Waals surface area contributed by atoms with Gasteiger partial charge in [-0.15, -0.1) is 11.3 Å². The van der Waals surface area contributed by atoms with Crippen molar-refractivity contribution in [3.05, 3.63) is 69.2 Å². The molecule has 3 aromatic rings. The summed E-state index contributed by atoms with van der Waals surface area (Å²) in [4.78, 5) is 15.0. The Morgan fingerprint density at radius 2 is 1.95 bits per heavy atom. The van der Waals surface area contributed by atoms with Gasteiger partial charge in [0.25, 0.3) is 5.69 Å². The molecule has 0 N–H and O–H groups in total. The summed E-state index contributed by atoms with van der Waals surface area (Å²) in [5.41, 5.74) is 1.49. The van der Waals surface area contributed by atoms with E-state index in [0.717, 1.165) is 10.2 Å². The first kappa shape index (κ1) is 13.9. The molecule has 0 spiro atoms. The number of nitrogens with zero attached hydrogens (tertiary/aromatic N) is 3. The summed E-state index contributed by atoms with van der Waals surface area (Å²) < 4.78 is 0.973. The van der Waals surface area contributed by atoms with Gasteiger partial charge in [0.1, 0.15) is 11.1 Å². The molecule has 106 valence electrons. The maximum Gasteiger partial charge on any atom is 0.276 e. The van der Waals surface area contributed by atoms with E-state index in [2.05, 4.69) is 11.1 Å². The predicted octanol–water partition coefficient (Wildman–Crippen LogP) is 4.27. The zero-order valence-corrected chi connectivity index (χ0v) is 12.1. The highest BCUT2D eigenvalue weighted by Gasteiger charge is 2.14. The zero-order chi connectivity index (χ0) is 15.5. The van der Waals surface area contributed by atoms with Crippen LogP contribution in [-0.4, -0.2) is 9.91 Å². The third kappa shape index (κ3) is 2.57. The summed E-state index contributed by atoms with van der Waals surface area (Å²) in [6, 6.07) is 16.0. The Kier molecular flexibility index (Phi) is 3.64. The number of hydrogen-bond acceptors (Lipinski definition) is 5. The third-order valence-electron chi connectivity index (χ3n) is 3.08. The van der Waals surface area contributed by atoms with Gasteiger partial charge in [-0.1, -0.05) is 24.3 Å². The van der Waals surface area contributed by atoms with E-state index in [1.807, 2.05) is 24.3 Å². The molecule has 2 aromatic carbocycles. The van der Waals surface area contributed by atoms with Crippen LogP contribution in [0.4, 0.5) is 5.69 Å². The fraction of sp³-hybridized carbons (Fsp3) is 0. The number of hydrogen-bond donors (Lipinski definition) is 0. The number of rotatable bonds is 3. The Hall–Kier alpha value is -3.04. The molecule has 0 aliphatic carbocycles. The van der Waals surface area contributed by atoms with Gasteiger partial charge in [-0.2, -0.15) is 5.26 Å². The van der Waals surface area contributed by atoms with Crippen molar-refractivity contribution in [3.63, 3.8) is 0 Å². The lowest BCUT2D eigenvalue weighted by atomic mass is 10.1. The van der Waals surface area contributed by atoms with Crippen LogP contribution in [0.2, 0.25) is 0 Å². The second kappa shape index (κ2) is 5.76. The lowest BCUT2D eigenvalue weighted by Gasteiger charge is -1.97. The largest absolute Gasteiger partial charge is 0.276 e. The van der Waals surface area contributed by atoms with Gasteiger partial charge in [-0.05, 0) is 24.3 Å². The van der Waals surface area contributed by atoms with E-state index in [1.54, 1.807) is 18.2 Å². The fourth-order valence-electron chi connectivity index (χ4n) is 2.06. The topological polar surface area (TPSA) is 79.8 Å². The summed E-state index contributed by atoms with van der Waals surface area (Å²) >= 11 is 1.39. The first-order chi connectivity index (χ1) is 10.7. The van der Waals surface area contributed by atoms with Crippen molar-refractivity contribution in [3.8, 4) is 6.07 Å². The van der Waals surface area contributed by atoms with E-state index in [-0.39, 0.29) is 5.69 Å². The van der Waals surface area contributed by atoms with Gasteiger partial charge in [0.2, 0.25) is 0 Å². The van der Waals surface area contributed by atoms with Crippen molar-refractivity contribution >= 4 is 38.9 Å². The van der Waals surface area contributed by atoms with E-state index in [1.165, 1.54) is 23.5 Å². The van der Waals surface area contributed by atoms with E-state index >= 15 is 0 Å². The molecular formula is C16H9N3O2S. The quantitative estimate of drug-likeness (QED) is 0.411. The molecule has 0 atom stereocenters. The van der Waals surface area contributed by atoms with E-state index in [0.29, 0.717) is 16.1 Å². The molecular weight excluding hydrogens is 298 g/mol. The molecule has 1 aromatic heterocycles. The number of fused-ring (bicyclic) bond motifs is 1. The third-order valence-corrected chi connectivity index (χ3v) is 4.15. The molecule has 22 heavy (non-hydrogen) atoms. The van der Waals surface area contributed by atoms with E-state index < -0.39 is 4.92 Å². The number of nitro benzene ring substituents is 1. The van der Waals surface area contributed by atoms with Crippen LogP contribution >= 0.6 is 11.3 Å². The van der Waals surface area contributed by atoms with Gasteiger partial charge in [0.05, 0.1) is 26.3 Å². The zero-order valence-electron chi connectivity index (χ0n) is 11.3. The van der Waals surface area contributed by atoms with Crippen LogP contribution in [0.1, 0.15) is 10.6 Å². The lowest BCUT2D eigenvalue weighted by Crippen LogP contribution is -1.91. The standard InChI is InChI=1S/C16H9N3O2S/c17-10-12(9-11-5-1-3-7-14(11)19(20)21)16-18-13-6-2-4-8-15(13)22-16/h1-9H/b12-9-. The van der Waals surface area contributed by atoms with E-state index in [4.69, 9.17) is 0 Å². The van der Waals surface area contributed by atoms with Crippen LogP contribution in [0.15, 0.2) is 48.5 Å². The van der Waals surface area contributed by atoms with Crippen molar-refractivity contribution in [1.29, 1.82) is 5.26 Å². The molecule has 0 bridgehead atoms. The average Bonchev–Trinajstić information content (AvgIpc) is 2.96. The Balaban J connectivity index is 2.12. The molecule has 1 heterocycles. The van der Waals surface area contributed by atoms with Gasteiger partial charge < -0.3 is 0 Å². The molecule has 0 unspecified atom stereocenters. The van der Waals surface area contributed by atoms with Crippen LogP contribution < -0.4 is 0 Å². The molecule has 0 fully saturated rings. The van der Waals surface area contributed by atoms with Crippen LogP contribution in [0, 0.1) is 21.4 Å². The molecule has 0 saturated heterocycles. The maximum absolute atomic E-state index is 11.0. The number of aromatic nitrogens is 1. The molecule has 6 heteroatoms. The Morgan fingerprint density at radius 1 is 1.23 bits per heavy atom. The summed E-state index contributed by atoms with van der Waals surface area (Å²) in [7, 11) is 0. The summed E-state index contributed by atoms with van der Waals surface area (Å²) in [6.45, 7) is 0. The molecule has 0 aliphatic rings. The summed E-state index contributed by atoms with van der Waals surface area (Å²) in [5, 5.41) is 21.0. The van der Waals surface area contributed by atoms with E-state index in [9.17, 15) is 15.4 Å². The molecule has 0 saturated carbocycles. The minimum absolute atomic E-state index is 0.0311. The number of nitriles is 1. The second-order valence-corrected chi connectivity index (χ2v) is 5.50. The average molecular weight is 307 g/mol. The number of nitro groups is 1. The normalized spacial score (nSPS) is 11.3. The Labute approximate surface area is 129 Å². The van der Waals surface area contributed by atoms with Gasteiger partial charge in [0.15, 0.2) is 0 Å². The first-order valence-corrected chi connectivity index (χ1v) is 7.22. The highest BCUT2D eigenvalue weighted by atomic mass is 32.1. The molecule has 0 radical (unpaired) electrons. The minimum Gasteiger partial charge on any atom is -0.258 e. The van der Waals surface area contributed by atoms with Gasteiger partial charge in [0, 0.05) is 6.07 Å². The first-order valence-electron chi connectivity index (χ1n) is 6.40. The highest BCUT2D eigenvalue weighted by molar-refractivity contribution is 7.19.